The molecule has 2 fully saturated rings. The summed E-state index contributed by atoms with van der Waals surface area (Å²) in [7, 11) is 0. The second-order valence-electron chi connectivity index (χ2n) is 5.77. The highest BCUT2D eigenvalue weighted by Crippen LogP contribution is 2.31. The zero-order valence-corrected chi connectivity index (χ0v) is 11.0. The minimum absolute atomic E-state index is 0.690. The van der Waals surface area contributed by atoms with Crippen LogP contribution in [0.4, 0.5) is 0 Å². The summed E-state index contributed by atoms with van der Waals surface area (Å²) in [5.74, 6) is 0.831. The van der Waals surface area contributed by atoms with Gasteiger partial charge in [0, 0.05) is 24.2 Å². The fraction of sp³-hybridized carbons (Fsp3) is 0.733. The molecule has 1 saturated heterocycles. The Hall–Kier alpha value is -0.800. The molecule has 1 saturated carbocycles. The first kappa shape index (κ1) is 12.2. The molecule has 18 heavy (non-hydrogen) atoms. The molecule has 3 nitrogen and oxygen atoms in total. The molecule has 3 heteroatoms. The van der Waals surface area contributed by atoms with Crippen LogP contribution in [-0.4, -0.2) is 18.6 Å². The van der Waals surface area contributed by atoms with Crippen LogP contribution >= 0.6 is 0 Å². The average molecular weight is 248 g/mol. The number of nitrogens with one attached hydrogen (secondary N) is 2. The Morgan fingerprint density at radius 1 is 1.22 bits per heavy atom. The molecule has 0 spiro atoms. The summed E-state index contributed by atoms with van der Waals surface area (Å²) in [6, 6.07) is 3.49. The minimum Gasteiger partial charge on any atom is -0.472 e. The highest BCUT2D eigenvalue weighted by Gasteiger charge is 2.33. The summed E-state index contributed by atoms with van der Waals surface area (Å²) in [5.41, 5.74) is 1.26. The number of hydrogen-bond acceptors (Lipinski definition) is 3. The van der Waals surface area contributed by atoms with E-state index in [0.717, 1.165) is 18.5 Å². The Bertz CT molecular complexity index is 343. The predicted octanol–water partition coefficient (Wildman–Crippen LogP) is 2.68. The molecule has 1 aromatic rings. The third-order valence-corrected chi connectivity index (χ3v) is 4.58. The Balaban J connectivity index is 1.53. The van der Waals surface area contributed by atoms with Crippen molar-refractivity contribution in [2.45, 2.75) is 57.2 Å². The first-order valence-corrected chi connectivity index (χ1v) is 7.41. The summed E-state index contributed by atoms with van der Waals surface area (Å²) in [6.45, 7) is 2.17. The maximum atomic E-state index is 5.12. The van der Waals surface area contributed by atoms with Crippen LogP contribution in [0.3, 0.4) is 0 Å². The fourth-order valence-electron chi connectivity index (χ4n) is 3.61. The molecule has 3 atom stereocenters. The number of rotatable bonds is 4. The van der Waals surface area contributed by atoms with Crippen LogP contribution in [0, 0.1) is 5.92 Å². The molecule has 0 aromatic carbocycles. The largest absolute Gasteiger partial charge is 0.472 e. The molecule has 2 heterocycles. The van der Waals surface area contributed by atoms with Crippen molar-refractivity contribution in [2.75, 3.05) is 6.54 Å². The van der Waals surface area contributed by atoms with Gasteiger partial charge in [-0.15, -0.1) is 0 Å². The van der Waals surface area contributed by atoms with E-state index >= 15 is 0 Å². The third-order valence-electron chi connectivity index (χ3n) is 4.58. The van der Waals surface area contributed by atoms with E-state index in [1.165, 1.54) is 50.6 Å². The summed E-state index contributed by atoms with van der Waals surface area (Å²) in [6.07, 6.45) is 11.8. The molecule has 3 rings (SSSR count). The molecule has 0 radical (unpaired) electrons. The normalized spacial score (nSPS) is 32.8. The van der Waals surface area contributed by atoms with Gasteiger partial charge in [-0.05, 0) is 44.2 Å². The van der Waals surface area contributed by atoms with E-state index in [0.29, 0.717) is 6.04 Å². The Morgan fingerprint density at radius 2 is 2.22 bits per heavy atom. The number of piperidine rings is 1. The van der Waals surface area contributed by atoms with E-state index in [4.69, 9.17) is 4.42 Å². The summed E-state index contributed by atoms with van der Waals surface area (Å²) >= 11 is 0. The molecular formula is C15H24N2O. The molecule has 0 amide bonds. The lowest BCUT2D eigenvalue weighted by Crippen LogP contribution is -2.46. The van der Waals surface area contributed by atoms with Crippen LogP contribution in [-0.2, 0) is 6.54 Å². The minimum atomic E-state index is 0.690. The molecule has 3 unspecified atom stereocenters. The Morgan fingerprint density at radius 3 is 3.00 bits per heavy atom. The molecule has 0 bridgehead atoms. The molecule has 100 valence electrons. The third kappa shape index (κ3) is 2.78. The lowest BCUT2D eigenvalue weighted by Gasteiger charge is -2.33. The van der Waals surface area contributed by atoms with Crippen molar-refractivity contribution in [1.82, 2.24) is 10.6 Å². The van der Waals surface area contributed by atoms with Gasteiger partial charge >= 0.3 is 0 Å². The predicted molar refractivity (Wildman–Crippen MR) is 72.3 cm³/mol. The number of furan rings is 1. The average Bonchev–Trinajstić information content (AvgIpc) is 3.09. The van der Waals surface area contributed by atoms with Gasteiger partial charge in [0.25, 0.3) is 0 Å². The van der Waals surface area contributed by atoms with Gasteiger partial charge in [-0.1, -0.05) is 12.8 Å². The van der Waals surface area contributed by atoms with E-state index < -0.39 is 0 Å². The number of hydrogen-bond donors (Lipinski definition) is 2. The first-order chi connectivity index (χ1) is 8.93. The molecule has 2 aliphatic rings. The van der Waals surface area contributed by atoms with E-state index in [9.17, 15) is 0 Å². The van der Waals surface area contributed by atoms with E-state index in [2.05, 4.69) is 16.7 Å². The van der Waals surface area contributed by atoms with Crippen LogP contribution in [0.5, 0.6) is 0 Å². The molecular weight excluding hydrogens is 224 g/mol. The Labute approximate surface area is 109 Å². The molecule has 2 N–H and O–H groups in total. The van der Waals surface area contributed by atoms with E-state index in [-0.39, 0.29) is 0 Å². The van der Waals surface area contributed by atoms with Crippen LogP contribution in [0.1, 0.15) is 44.1 Å². The highest BCUT2D eigenvalue weighted by molar-refractivity contribution is 5.05. The molecule has 1 aliphatic heterocycles. The van der Waals surface area contributed by atoms with Crippen molar-refractivity contribution < 1.29 is 4.42 Å². The van der Waals surface area contributed by atoms with Crippen LogP contribution < -0.4 is 10.6 Å². The maximum Gasteiger partial charge on any atom is 0.0947 e. The van der Waals surface area contributed by atoms with E-state index in [1.807, 2.05) is 6.26 Å². The topological polar surface area (TPSA) is 37.2 Å². The van der Waals surface area contributed by atoms with Crippen LogP contribution in [0.25, 0.3) is 0 Å². The van der Waals surface area contributed by atoms with Crippen LogP contribution in [0.15, 0.2) is 23.0 Å². The van der Waals surface area contributed by atoms with Gasteiger partial charge in [-0.3, -0.25) is 0 Å². The second kappa shape index (κ2) is 5.89. The van der Waals surface area contributed by atoms with Gasteiger partial charge in [0.05, 0.1) is 12.5 Å². The second-order valence-corrected chi connectivity index (χ2v) is 5.77. The maximum absolute atomic E-state index is 5.12. The highest BCUT2D eigenvalue weighted by atomic mass is 16.3. The SMILES string of the molecule is c1cc(CNC2CCCC2C2CCCCN2)co1. The van der Waals surface area contributed by atoms with Crippen molar-refractivity contribution in [1.29, 1.82) is 0 Å². The van der Waals surface area contributed by atoms with Gasteiger partial charge in [0.2, 0.25) is 0 Å². The van der Waals surface area contributed by atoms with Gasteiger partial charge < -0.3 is 15.1 Å². The van der Waals surface area contributed by atoms with E-state index in [1.54, 1.807) is 6.26 Å². The quantitative estimate of drug-likeness (QED) is 0.860. The zero-order valence-electron chi connectivity index (χ0n) is 11.0. The van der Waals surface area contributed by atoms with Crippen molar-refractivity contribution in [3.8, 4) is 0 Å². The Kier molecular flexibility index (Phi) is 4.01. The smallest absolute Gasteiger partial charge is 0.0947 e. The van der Waals surface area contributed by atoms with Crippen molar-refractivity contribution >= 4 is 0 Å². The first-order valence-electron chi connectivity index (χ1n) is 7.41. The monoisotopic (exact) mass is 248 g/mol. The van der Waals surface area contributed by atoms with Gasteiger partial charge in [-0.2, -0.15) is 0 Å². The lowest BCUT2D eigenvalue weighted by molar-refractivity contribution is 0.256. The van der Waals surface area contributed by atoms with Gasteiger partial charge in [-0.25, -0.2) is 0 Å². The van der Waals surface area contributed by atoms with Gasteiger partial charge in [0.15, 0.2) is 0 Å². The standard InChI is InChI=1S/C15H24N2O/c1-2-8-16-14(5-1)13-4-3-6-15(13)17-10-12-7-9-18-11-12/h7,9,11,13-17H,1-6,8,10H2. The molecule has 1 aromatic heterocycles. The zero-order chi connectivity index (χ0) is 12.2. The molecule has 1 aliphatic carbocycles. The van der Waals surface area contributed by atoms with Crippen molar-refractivity contribution in [3.63, 3.8) is 0 Å². The van der Waals surface area contributed by atoms with Gasteiger partial charge in [0.1, 0.15) is 0 Å². The fourth-order valence-corrected chi connectivity index (χ4v) is 3.61. The summed E-state index contributed by atoms with van der Waals surface area (Å²) in [4.78, 5) is 0. The van der Waals surface area contributed by atoms with Crippen LogP contribution in [0.2, 0.25) is 0 Å². The summed E-state index contributed by atoms with van der Waals surface area (Å²) < 4.78 is 5.12. The lowest BCUT2D eigenvalue weighted by atomic mass is 9.88. The van der Waals surface area contributed by atoms with Crippen molar-refractivity contribution in [2.24, 2.45) is 5.92 Å². The van der Waals surface area contributed by atoms with Crippen molar-refractivity contribution in [3.05, 3.63) is 24.2 Å². The summed E-state index contributed by atoms with van der Waals surface area (Å²) in [5, 5.41) is 7.46.